The number of halogens is 1. The van der Waals surface area contributed by atoms with Crippen LogP contribution >= 0.6 is 11.6 Å². The highest BCUT2D eigenvalue weighted by Crippen LogP contribution is 2.21. The zero-order valence-electron chi connectivity index (χ0n) is 8.37. The van der Waals surface area contributed by atoms with E-state index in [1.165, 1.54) is 18.2 Å². The molecule has 0 aliphatic heterocycles. The van der Waals surface area contributed by atoms with Crippen LogP contribution in [0.1, 0.15) is 16.8 Å². The number of aromatic carboxylic acids is 1. The highest BCUT2D eigenvalue weighted by molar-refractivity contribution is 6.31. The summed E-state index contributed by atoms with van der Waals surface area (Å²) in [6.45, 7) is 0.203. The van der Waals surface area contributed by atoms with Crippen LogP contribution in [0.5, 0.6) is 0 Å². The van der Waals surface area contributed by atoms with Crippen LogP contribution < -0.4 is 11.1 Å². The van der Waals surface area contributed by atoms with Gasteiger partial charge in [-0.2, -0.15) is 0 Å². The number of hydrogen-bond donors (Lipinski definition) is 3. The van der Waals surface area contributed by atoms with E-state index in [1.807, 2.05) is 0 Å². The van der Waals surface area contributed by atoms with Crippen molar-refractivity contribution in [3.63, 3.8) is 0 Å². The van der Waals surface area contributed by atoms with Gasteiger partial charge in [-0.1, -0.05) is 11.6 Å². The Morgan fingerprint density at radius 1 is 1.44 bits per heavy atom. The van der Waals surface area contributed by atoms with Crippen LogP contribution in [-0.4, -0.2) is 23.5 Å². The lowest BCUT2D eigenvalue weighted by molar-refractivity contribution is -0.116. The molecule has 1 rings (SSSR count). The molecule has 1 aromatic rings. The third-order valence-electron chi connectivity index (χ3n) is 1.86. The first kappa shape index (κ1) is 12.5. The average Bonchev–Trinajstić information content (AvgIpc) is 2.17. The molecule has 0 saturated heterocycles. The zero-order chi connectivity index (χ0) is 12.1. The van der Waals surface area contributed by atoms with Gasteiger partial charge in [-0.3, -0.25) is 4.79 Å². The van der Waals surface area contributed by atoms with Crippen LogP contribution in [-0.2, 0) is 4.79 Å². The van der Waals surface area contributed by atoms with E-state index in [4.69, 9.17) is 22.4 Å². The second kappa shape index (κ2) is 5.48. The van der Waals surface area contributed by atoms with Gasteiger partial charge in [-0.15, -0.1) is 0 Å². The number of carbonyl (C=O) groups is 2. The molecule has 1 amide bonds. The predicted octanol–water partition coefficient (Wildman–Crippen LogP) is 1.33. The third-order valence-corrected chi connectivity index (χ3v) is 2.09. The Morgan fingerprint density at radius 2 is 2.12 bits per heavy atom. The molecule has 0 radical (unpaired) electrons. The van der Waals surface area contributed by atoms with Crippen molar-refractivity contribution in [1.82, 2.24) is 0 Å². The van der Waals surface area contributed by atoms with E-state index in [2.05, 4.69) is 5.32 Å². The maximum Gasteiger partial charge on any atom is 0.337 e. The fourth-order valence-corrected chi connectivity index (χ4v) is 1.32. The normalized spacial score (nSPS) is 9.88. The number of benzene rings is 1. The van der Waals surface area contributed by atoms with E-state index >= 15 is 0 Å². The van der Waals surface area contributed by atoms with Crippen LogP contribution in [0.25, 0.3) is 0 Å². The first-order valence-electron chi connectivity index (χ1n) is 4.57. The van der Waals surface area contributed by atoms with Crippen LogP contribution in [0, 0.1) is 0 Å². The van der Waals surface area contributed by atoms with Crippen molar-refractivity contribution >= 4 is 29.2 Å². The first-order valence-corrected chi connectivity index (χ1v) is 4.95. The summed E-state index contributed by atoms with van der Waals surface area (Å²) in [4.78, 5) is 22.1. The molecule has 0 heterocycles. The van der Waals surface area contributed by atoms with Gasteiger partial charge in [0, 0.05) is 18.0 Å². The number of anilines is 1. The fourth-order valence-electron chi connectivity index (χ4n) is 1.15. The molecule has 0 atom stereocenters. The number of carboxylic acids is 1. The molecule has 4 N–H and O–H groups in total. The molecule has 1 aromatic carbocycles. The second-order valence-electron chi connectivity index (χ2n) is 3.08. The largest absolute Gasteiger partial charge is 0.478 e. The van der Waals surface area contributed by atoms with Gasteiger partial charge in [0.2, 0.25) is 5.91 Å². The standard InChI is InChI=1S/C10H11ClN2O3/c11-6-1-2-7(10(15)16)8(5-6)13-9(14)3-4-12/h1-2,5H,3-4,12H2,(H,13,14)(H,15,16). The lowest BCUT2D eigenvalue weighted by Gasteiger charge is -2.08. The minimum atomic E-state index is -1.13. The molecule has 0 aliphatic carbocycles. The Kier molecular flexibility index (Phi) is 4.28. The molecule has 5 nitrogen and oxygen atoms in total. The van der Waals surface area contributed by atoms with E-state index in [-0.39, 0.29) is 30.1 Å². The number of rotatable bonds is 4. The molecule has 0 aliphatic rings. The molecule has 86 valence electrons. The summed E-state index contributed by atoms with van der Waals surface area (Å²) in [6.07, 6.45) is 0.131. The number of carbonyl (C=O) groups excluding carboxylic acids is 1. The Bertz CT molecular complexity index is 421. The van der Waals surface area contributed by atoms with Crippen LogP contribution in [0.15, 0.2) is 18.2 Å². The summed E-state index contributed by atoms with van der Waals surface area (Å²) in [5.74, 6) is -1.47. The fraction of sp³-hybridized carbons (Fsp3) is 0.200. The summed E-state index contributed by atoms with van der Waals surface area (Å²) in [6, 6.07) is 4.17. The third kappa shape index (κ3) is 3.22. The number of amides is 1. The number of nitrogens with two attached hydrogens (primary N) is 1. The van der Waals surface area contributed by atoms with Crippen molar-refractivity contribution in [2.45, 2.75) is 6.42 Å². The van der Waals surface area contributed by atoms with E-state index in [1.54, 1.807) is 0 Å². The van der Waals surface area contributed by atoms with Crippen LogP contribution in [0.3, 0.4) is 0 Å². The summed E-state index contributed by atoms with van der Waals surface area (Å²) in [7, 11) is 0. The molecule has 0 bridgehead atoms. The lowest BCUT2D eigenvalue weighted by Crippen LogP contribution is -2.18. The van der Waals surface area contributed by atoms with E-state index in [0.717, 1.165) is 0 Å². The van der Waals surface area contributed by atoms with Crippen LogP contribution in [0.4, 0.5) is 5.69 Å². The van der Waals surface area contributed by atoms with E-state index in [0.29, 0.717) is 5.02 Å². The molecule has 0 unspecified atom stereocenters. The highest BCUT2D eigenvalue weighted by atomic mass is 35.5. The molecule has 16 heavy (non-hydrogen) atoms. The van der Waals surface area contributed by atoms with Gasteiger partial charge in [-0.25, -0.2) is 4.79 Å². The molecule has 0 saturated carbocycles. The quantitative estimate of drug-likeness (QED) is 0.743. The number of carboxylic acid groups (broad SMARTS) is 1. The van der Waals surface area contributed by atoms with Crippen LogP contribution in [0.2, 0.25) is 5.02 Å². The molecular formula is C10H11ClN2O3. The molecule has 0 aromatic heterocycles. The van der Waals surface area contributed by atoms with Crippen molar-refractivity contribution in [1.29, 1.82) is 0 Å². The average molecular weight is 243 g/mol. The Balaban J connectivity index is 2.96. The zero-order valence-corrected chi connectivity index (χ0v) is 9.12. The Morgan fingerprint density at radius 3 is 2.69 bits per heavy atom. The van der Waals surface area contributed by atoms with Gasteiger partial charge in [0.1, 0.15) is 0 Å². The molecule has 6 heteroatoms. The van der Waals surface area contributed by atoms with Crippen molar-refractivity contribution < 1.29 is 14.7 Å². The van der Waals surface area contributed by atoms with Crippen molar-refractivity contribution in [2.24, 2.45) is 5.73 Å². The topological polar surface area (TPSA) is 92.4 Å². The van der Waals surface area contributed by atoms with Gasteiger partial charge < -0.3 is 16.2 Å². The summed E-state index contributed by atoms with van der Waals surface area (Å²) in [5.41, 5.74) is 5.38. The van der Waals surface area contributed by atoms with Gasteiger partial charge in [-0.05, 0) is 18.2 Å². The second-order valence-corrected chi connectivity index (χ2v) is 3.52. The van der Waals surface area contributed by atoms with Gasteiger partial charge in [0.25, 0.3) is 0 Å². The number of hydrogen-bond acceptors (Lipinski definition) is 3. The Labute approximate surface area is 97.2 Å². The molecular weight excluding hydrogens is 232 g/mol. The lowest BCUT2D eigenvalue weighted by atomic mass is 10.1. The maximum atomic E-state index is 11.3. The summed E-state index contributed by atoms with van der Waals surface area (Å²) >= 11 is 5.71. The first-order chi connectivity index (χ1) is 7.54. The molecule has 0 fully saturated rings. The SMILES string of the molecule is NCCC(=O)Nc1cc(Cl)ccc1C(=O)O. The minimum absolute atomic E-state index is 0.00484. The predicted molar refractivity (Wildman–Crippen MR) is 60.7 cm³/mol. The highest BCUT2D eigenvalue weighted by Gasteiger charge is 2.12. The maximum absolute atomic E-state index is 11.3. The van der Waals surface area contributed by atoms with Crippen molar-refractivity contribution in [2.75, 3.05) is 11.9 Å². The van der Waals surface area contributed by atoms with Gasteiger partial charge >= 0.3 is 5.97 Å². The number of nitrogens with one attached hydrogen (secondary N) is 1. The smallest absolute Gasteiger partial charge is 0.337 e. The summed E-state index contributed by atoms with van der Waals surface area (Å²) in [5, 5.41) is 11.7. The molecule has 0 spiro atoms. The van der Waals surface area contributed by atoms with E-state index < -0.39 is 5.97 Å². The Hall–Kier alpha value is -1.59. The monoisotopic (exact) mass is 242 g/mol. The summed E-state index contributed by atoms with van der Waals surface area (Å²) < 4.78 is 0. The van der Waals surface area contributed by atoms with Crippen molar-refractivity contribution in [3.05, 3.63) is 28.8 Å². The van der Waals surface area contributed by atoms with Gasteiger partial charge in [0.15, 0.2) is 0 Å². The van der Waals surface area contributed by atoms with Gasteiger partial charge in [0.05, 0.1) is 11.3 Å². The van der Waals surface area contributed by atoms with E-state index in [9.17, 15) is 9.59 Å². The minimum Gasteiger partial charge on any atom is -0.478 e. The van der Waals surface area contributed by atoms with Crippen molar-refractivity contribution in [3.8, 4) is 0 Å².